The van der Waals surface area contributed by atoms with Gasteiger partial charge in [-0.25, -0.2) is 0 Å². The first-order valence-corrected chi connectivity index (χ1v) is 7.29. The second-order valence-corrected chi connectivity index (χ2v) is 5.78. The number of nitrogens with one attached hydrogen (secondary N) is 2. The quantitative estimate of drug-likeness (QED) is 0.720. The zero-order valence-electron chi connectivity index (χ0n) is 11.6. The number of rotatable bonds is 7. The van der Waals surface area contributed by atoms with Crippen LogP contribution in [0.2, 0.25) is 0 Å². The molecule has 2 unspecified atom stereocenters. The first kappa shape index (κ1) is 13.8. The molecule has 2 aliphatic rings. The van der Waals surface area contributed by atoms with E-state index in [0.717, 1.165) is 19.5 Å². The lowest BCUT2D eigenvalue weighted by atomic mass is 10.0. The van der Waals surface area contributed by atoms with Crippen molar-refractivity contribution in [1.29, 1.82) is 0 Å². The molecule has 2 N–H and O–H groups in total. The highest BCUT2D eigenvalue weighted by molar-refractivity contribution is 5.80. The van der Waals surface area contributed by atoms with Gasteiger partial charge in [0, 0.05) is 12.6 Å². The second kappa shape index (κ2) is 6.02. The number of carbonyl (C=O) groups is 1. The van der Waals surface area contributed by atoms with Crippen molar-refractivity contribution in [2.24, 2.45) is 11.3 Å². The Morgan fingerprint density at radius 3 is 2.72 bits per heavy atom. The molecule has 0 aromatic heterocycles. The van der Waals surface area contributed by atoms with Crippen LogP contribution < -0.4 is 10.6 Å². The van der Waals surface area contributed by atoms with E-state index >= 15 is 0 Å². The molecule has 1 heterocycles. The molecule has 104 valence electrons. The van der Waals surface area contributed by atoms with Crippen LogP contribution in [0.5, 0.6) is 0 Å². The van der Waals surface area contributed by atoms with Gasteiger partial charge in [0.1, 0.15) is 0 Å². The SMILES string of the molecule is CCCNC1COCC1C(=O)NCC1(CC)CC1. The average molecular weight is 254 g/mol. The molecule has 18 heavy (non-hydrogen) atoms. The van der Waals surface area contributed by atoms with Crippen LogP contribution >= 0.6 is 0 Å². The molecule has 2 rings (SSSR count). The first-order chi connectivity index (χ1) is 8.71. The lowest BCUT2D eigenvalue weighted by molar-refractivity contribution is -0.125. The summed E-state index contributed by atoms with van der Waals surface area (Å²) in [7, 11) is 0. The van der Waals surface area contributed by atoms with Crippen molar-refractivity contribution in [1.82, 2.24) is 10.6 Å². The summed E-state index contributed by atoms with van der Waals surface area (Å²) in [5.74, 6) is 0.157. The monoisotopic (exact) mass is 254 g/mol. The molecule has 4 nitrogen and oxygen atoms in total. The smallest absolute Gasteiger partial charge is 0.227 e. The highest BCUT2D eigenvalue weighted by atomic mass is 16.5. The van der Waals surface area contributed by atoms with Crippen LogP contribution in [0.25, 0.3) is 0 Å². The van der Waals surface area contributed by atoms with Crippen LogP contribution in [0.4, 0.5) is 0 Å². The molecule has 0 spiro atoms. The molecule has 1 aliphatic carbocycles. The molecule has 1 saturated heterocycles. The highest BCUT2D eigenvalue weighted by Crippen LogP contribution is 2.47. The van der Waals surface area contributed by atoms with E-state index in [9.17, 15) is 4.79 Å². The third kappa shape index (κ3) is 3.23. The van der Waals surface area contributed by atoms with Gasteiger partial charge in [-0.1, -0.05) is 13.8 Å². The van der Waals surface area contributed by atoms with E-state index in [1.165, 1.54) is 19.3 Å². The second-order valence-electron chi connectivity index (χ2n) is 5.78. The summed E-state index contributed by atoms with van der Waals surface area (Å²) < 4.78 is 5.44. The van der Waals surface area contributed by atoms with E-state index < -0.39 is 0 Å². The fourth-order valence-electron chi connectivity index (χ4n) is 2.58. The Morgan fingerprint density at radius 2 is 2.11 bits per heavy atom. The molecule has 2 fully saturated rings. The molecule has 0 bridgehead atoms. The Morgan fingerprint density at radius 1 is 1.33 bits per heavy atom. The molecule has 1 amide bonds. The van der Waals surface area contributed by atoms with Crippen molar-refractivity contribution in [3.05, 3.63) is 0 Å². The van der Waals surface area contributed by atoms with Crippen LogP contribution in [-0.4, -0.2) is 38.3 Å². The van der Waals surface area contributed by atoms with Gasteiger partial charge < -0.3 is 15.4 Å². The predicted octanol–water partition coefficient (Wildman–Crippen LogP) is 1.31. The van der Waals surface area contributed by atoms with Gasteiger partial charge in [-0.15, -0.1) is 0 Å². The van der Waals surface area contributed by atoms with Gasteiger partial charge in [-0.2, -0.15) is 0 Å². The molecule has 1 saturated carbocycles. The zero-order valence-corrected chi connectivity index (χ0v) is 11.6. The largest absolute Gasteiger partial charge is 0.379 e. The molecule has 2 atom stereocenters. The Bertz CT molecular complexity index is 290. The third-order valence-electron chi connectivity index (χ3n) is 4.42. The molecule has 0 radical (unpaired) electrons. The van der Waals surface area contributed by atoms with E-state index in [4.69, 9.17) is 4.74 Å². The first-order valence-electron chi connectivity index (χ1n) is 7.29. The number of hydrogen-bond donors (Lipinski definition) is 2. The summed E-state index contributed by atoms with van der Waals surface area (Å²) in [6.45, 7) is 7.37. The fourth-order valence-corrected chi connectivity index (χ4v) is 2.58. The molecular weight excluding hydrogens is 228 g/mol. The van der Waals surface area contributed by atoms with Crippen LogP contribution in [0.1, 0.15) is 39.5 Å². The van der Waals surface area contributed by atoms with E-state index in [-0.39, 0.29) is 17.9 Å². The van der Waals surface area contributed by atoms with Crippen molar-refractivity contribution in [2.75, 3.05) is 26.3 Å². The standard InChI is InChI=1S/C14H26N2O2/c1-3-7-15-12-9-18-8-11(12)13(17)16-10-14(4-2)5-6-14/h11-12,15H,3-10H2,1-2H3,(H,16,17). The van der Waals surface area contributed by atoms with Gasteiger partial charge in [-0.3, -0.25) is 4.79 Å². The third-order valence-corrected chi connectivity index (χ3v) is 4.42. The van der Waals surface area contributed by atoms with Crippen molar-refractivity contribution in [3.63, 3.8) is 0 Å². The van der Waals surface area contributed by atoms with Gasteiger partial charge in [0.15, 0.2) is 0 Å². The summed E-state index contributed by atoms with van der Waals surface area (Å²) in [4.78, 5) is 12.2. The predicted molar refractivity (Wildman–Crippen MR) is 71.4 cm³/mol. The van der Waals surface area contributed by atoms with Crippen LogP contribution in [0.15, 0.2) is 0 Å². The van der Waals surface area contributed by atoms with Gasteiger partial charge in [0.05, 0.1) is 19.1 Å². The lowest BCUT2D eigenvalue weighted by Gasteiger charge is -2.20. The van der Waals surface area contributed by atoms with Gasteiger partial charge in [-0.05, 0) is 37.6 Å². The molecule has 0 aromatic rings. The zero-order chi connectivity index (χ0) is 13.0. The van der Waals surface area contributed by atoms with Crippen LogP contribution in [0, 0.1) is 11.3 Å². The Hall–Kier alpha value is -0.610. The van der Waals surface area contributed by atoms with Crippen molar-refractivity contribution in [3.8, 4) is 0 Å². The highest BCUT2D eigenvalue weighted by Gasteiger charge is 2.42. The van der Waals surface area contributed by atoms with E-state index in [2.05, 4.69) is 24.5 Å². The number of hydrogen-bond acceptors (Lipinski definition) is 3. The van der Waals surface area contributed by atoms with E-state index in [0.29, 0.717) is 18.6 Å². The maximum absolute atomic E-state index is 12.2. The maximum Gasteiger partial charge on any atom is 0.227 e. The topological polar surface area (TPSA) is 50.4 Å². The van der Waals surface area contributed by atoms with Crippen LogP contribution in [0.3, 0.4) is 0 Å². The molecule has 0 aromatic carbocycles. The van der Waals surface area contributed by atoms with Gasteiger partial charge >= 0.3 is 0 Å². The van der Waals surface area contributed by atoms with Gasteiger partial charge in [0.2, 0.25) is 5.91 Å². The number of amides is 1. The van der Waals surface area contributed by atoms with Crippen LogP contribution in [-0.2, 0) is 9.53 Å². The lowest BCUT2D eigenvalue weighted by Crippen LogP contribution is -2.45. The van der Waals surface area contributed by atoms with Gasteiger partial charge in [0.25, 0.3) is 0 Å². The Balaban J connectivity index is 1.76. The minimum absolute atomic E-state index is 0.00999. The van der Waals surface area contributed by atoms with Crippen molar-refractivity contribution < 1.29 is 9.53 Å². The summed E-state index contributed by atoms with van der Waals surface area (Å²) in [5, 5.41) is 6.53. The number of ether oxygens (including phenoxy) is 1. The van der Waals surface area contributed by atoms with Crippen molar-refractivity contribution in [2.45, 2.75) is 45.6 Å². The Kier molecular flexibility index (Phi) is 4.62. The summed E-state index contributed by atoms with van der Waals surface area (Å²) in [6, 6.07) is 0.196. The fraction of sp³-hybridized carbons (Fsp3) is 0.929. The maximum atomic E-state index is 12.2. The van der Waals surface area contributed by atoms with E-state index in [1.54, 1.807) is 0 Å². The summed E-state index contributed by atoms with van der Waals surface area (Å²) >= 11 is 0. The minimum atomic E-state index is -0.00999. The Labute approximate surface area is 110 Å². The molecule has 4 heteroatoms. The molecule has 1 aliphatic heterocycles. The normalized spacial score (nSPS) is 29.2. The minimum Gasteiger partial charge on any atom is -0.379 e. The number of carbonyl (C=O) groups excluding carboxylic acids is 1. The molecular formula is C14H26N2O2. The van der Waals surface area contributed by atoms with E-state index in [1.807, 2.05) is 0 Å². The summed E-state index contributed by atoms with van der Waals surface area (Å²) in [6.07, 6.45) is 4.79. The average Bonchev–Trinajstić information content (AvgIpc) is 3.03. The van der Waals surface area contributed by atoms with Crippen molar-refractivity contribution >= 4 is 5.91 Å². The summed E-state index contributed by atoms with van der Waals surface area (Å²) in [5.41, 5.74) is 0.418.